The lowest BCUT2D eigenvalue weighted by atomic mass is 10.0. The molecule has 0 saturated carbocycles. The minimum Gasteiger partial charge on any atom is -0.379 e. The van der Waals surface area contributed by atoms with Crippen LogP contribution in [-0.2, 0) is 4.74 Å². The highest BCUT2D eigenvalue weighted by atomic mass is 16.5. The monoisotopic (exact) mass is 277 g/mol. The van der Waals surface area contributed by atoms with Crippen LogP contribution < -0.4 is 5.32 Å². The first kappa shape index (κ1) is 17.2. The highest BCUT2D eigenvalue weighted by Gasteiger charge is 2.11. The summed E-state index contributed by atoms with van der Waals surface area (Å²) in [6, 6.07) is 7.00. The second-order valence-corrected chi connectivity index (χ2v) is 6.06. The molecule has 0 spiro atoms. The van der Waals surface area contributed by atoms with Crippen molar-refractivity contribution in [2.24, 2.45) is 5.92 Å². The van der Waals surface area contributed by atoms with Crippen LogP contribution in [0.1, 0.15) is 56.3 Å². The van der Waals surface area contributed by atoms with Crippen molar-refractivity contribution in [1.82, 2.24) is 5.32 Å². The molecule has 0 bridgehead atoms. The van der Waals surface area contributed by atoms with Gasteiger partial charge in [-0.25, -0.2) is 0 Å². The van der Waals surface area contributed by atoms with E-state index < -0.39 is 0 Å². The Morgan fingerprint density at radius 1 is 1.15 bits per heavy atom. The van der Waals surface area contributed by atoms with Gasteiger partial charge >= 0.3 is 0 Å². The number of benzene rings is 1. The fourth-order valence-electron chi connectivity index (χ4n) is 2.30. The van der Waals surface area contributed by atoms with Crippen LogP contribution in [0.2, 0.25) is 0 Å². The summed E-state index contributed by atoms with van der Waals surface area (Å²) < 4.78 is 5.86. The van der Waals surface area contributed by atoms with Gasteiger partial charge in [-0.1, -0.05) is 39.0 Å². The van der Waals surface area contributed by atoms with Crippen molar-refractivity contribution in [2.45, 2.75) is 53.5 Å². The molecule has 0 aliphatic carbocycles. The van der Waals surface area contributed by atoms with Gasteiger partial charge < -0.3 is 10.1 Å². The molecule has 0 aromatic heterocycles. The first-order valence-corrected chi connectivity index (χ1v) is 7.92. The lowest BCUT2D eigenvalue weighted by Gasteiger charge is -2.19. The van der Waals surface area contributed by atoms with Crippen LogP contribution in [0.25, 0.3) is 0 Å². The van der Waals surface area contributed by atoms with Crippen molar-refractivity contribution in [3.05, 3.63) is 34.9 Å². The molecule has 1 N–H and O–H groups in total. The van der Waals surface area contributed by atoms with E-state index in [0.717, 1.165) is 32.1 Å². The molecule has 0 aliphatic rings. The maximum atomic E-state index is 5.86. The largest absolute Gasteiger partial charge is 0.379 e. The zero-order valence-electron chi connectivity index (χ0n) is 13.8. The molecule has 2 heteroatoms. The Bertz CT molecular complexity index is 387. The summed E-state index contributed by atoms with van der Waals surface area (Å²) in [7, 11) is 0. The van der Waals surface area contributed by atoms with E-state index in [1.54, 1.807) is 0 Å². The number of aryl methyl sites for hydroxylation is 2. The zero-order chi connectivity index (χ0) is 15.0. The summed E-state index contributed by atoms with van der Waals surface area (Å²) in [6.07, 6.45) is 2.40. The molecule has 0 aliphatic heterocycles. The molecule has 114 valence electrons. The van der Waals surface area contributed by atoms with Crippen molar-refractivity contribution in [3.8, 4) is 0 Å². The zero-order valence-corrected chi connectivity index (χ0v) is 13.8. The molecule has 1 unspecified atom stereocenters. The molecule has 1 atom stereocenters. The molecule has 0 saturated heterocycles. The fraction of sp³-hybridized carbons (Fsp3) is 0.667. The third-order valence-electron chi connectivity index (χ3n) is 3.74. The molecule has 1 aromatic rings. The molecule has 1 rings (SSSR count). The fourth-order valence-corrected chi connectivity index (χ4v) is 2.30. The van der Waals surface area contributed by atoms with Crippen LogP contribution in [0.5, 0.6) is 0 Å². The van der Waals surface area contributed by atoms with Gasteiger partial charge in [0, 0.05) is 6.61 Å². The van der Waals surface area contributed by atoms with Crippen molar-refractivity contribution < 1.29 is 4.74 Å². The molecule has 2 nitrogen and oxygen atoms in total. The normalized spacial score (nSPS) is 12.9. The molecule has 0 radical (unpaired) electrons. The SMILES string of the molecule is CCNC(COCCCC(C)C)c1ccc(C)c(C)c1. The molecule has 0 heterocycles. The minimum absolute atomic E-state index is 0.304. The number of nitrogens with one attached hydrogen (secondary N) is 1. The molecular formula is C18H31NO. The number of ether oxygens (including phenoxy) is 1. The maximum Gasteiger partial charge on any atom is 0.0661 e. The van der Waals surface area contributed by atoms with Crippen molar-refractivity contribution >= 4 is 0 Å². The highest BCUT2D eigenvalue weighted by Crippen LogP contribution is 2.18. The first-order chi connectivity index (χ1) is 9.54. The van der Waals surface area contributed by atoms with E-state index in [4.69, 9.17) is 4.74 Å². The van der Waals surface area contributed by atoms with Gasteiger partial charge in [-0.2, -0.15) is 0 Å². The van der Waals surface area contributed by atoms with E-state index in [1.807, 2.05) is 0 Å². The van der Waals surface area contributed by atoms with Crippen molar-refractivity contribution in [1.29, 1.82) is 0 Å². The van der Waals surface area contributed by atoms with Gasteiger partial charge in [0.05, 0.1) is 12.6 Å². The van der Waals surface area contributed by atoms with E-state index in [9.17, 15) is 0 Å². The number of hydrogen-bond acceptors (Lipinski definition) is 2. The third kappa shape index (κ3) is 6.06. The lowest BCUT2D eigenvalue weighted by Crippen LogP contribution is -2.25. The predicted octanol–water partition coefficient (Wildman–Crippen LogP) is 4.41. The van der Waals surface area contributed by atoms with Crippen molar-refractivity contribution in [2.75, 3.05) is 19.8 Å². The van der Waals surface area contributed by atoms with Crippen LogP contribution >= 0.6 is 0 Å². The Labute approximate surface area is 124 Å². The van der Waals surface area contributed by atoms with Gasteiger partial charge in [0.25, 0.3) is 0 Å². The average molecular weight is 277 g/mol. The highest BCUT2D eigenvalue weighted by molar-refractivity contribution is 5.31. The maximum absolute atomic E-state index is 5.86. The van der Waals surface area contributed by atoms with Gasteiger partial charge in [-0.05, 0) is 55.8 Å². The van der Waals surface area contributed by atoms with E-state index >= 15 is 0 Å². The Morgan fingerprint density at radius 2 is 1.90 bits per heavy atom. The van der Waals surface area contributed by atoms with E-state index in [1.165, 1.54) is 23.1 Å². The molecule has 20 heavy (non-hydrogen) atoms. The average Bonchev–Trinajstić information content (AvgIpc) is 2.40. The van der Waals surface area contributed by atoms with Gasteiger partial charge in [-0.15, -0.1) is 0 Å². The number of hydrogen-bond donors (Lipinski definition) is 1. The second-order valence-electron chi connectivity index (χ2n) is 6.06. The van der Waals surface area contributed by atoms with E-state index in [0.29, 0.717) is 6.04 Å². The topological polar surface area (TPSA) is 21.3 Å². The van der Waals surface area contributed by atoms with Gasteiger partial charge in [-0.3, -0.25) is 0 Å². The summed E-state index contributed by atoms with van der Waals surface area (Å²) in [5.74, 6) is 0.767. The van der Waals surface area contributed by atoms with E-state index in [2.05, 4.69) is 58.1 Å². The van der Waals surface area contributed by atoms with E-state index in [-0.39, 0.29) is 0 Å². The summed E-state index contributed by atoms with van der Waals surface area (Å²) in [4.78, 5) is 0. The Hall–Kier alpha value is -0.860. The Balaban J connectivity index is 2.49. The molecular weight excluding hydrogens is 246 g/mol. The number of rotatable bonds is 9. The Kier molecular flexibility index (Phi) is 7.86. The smallest absolute Gasteiger partial charge is 0.0661 e. The quantitative estimate of drug-likeness (QED) is 0.675. The van der Waals surface area contributed by atoms with Crippen LogP contribution in [-0.4, -0.2) is 19.8 Å². The predicted molar refractivity (Wildman–Crippen MR) is 87.2 cm³/mol. The van der Waals surface area contributed by atoms with Crippen LogP contribution in [0.4, 0.5) is 0 Å². The third-order valence-corrected chi connectivity index (χ3v) is 3.74. The van der Waals surface area contributed by atoms with Gasteiger partial charge in [0.2, 0.25) is 0 Å². The lowest BCUT2D eigenvalue weighted by molar-refractivity contribution is 0.106. The Morgan fingerprint density at radius 3 is 2.50 bits per heavy atom. The van der Waals surface area contributed by atoms with Crippen LogP contribution in [0, 0.1) is 19.8 Å². The summed E-state index contributed by atoms with van der Waals surface area (Å²) in [5.41, 5.74) is 4.03. The summed E-state index contributed by atoms with van der Waals surface area (Å²) in [6.45, 7) is 13.6. The van der Waals surface area contributed by atoms with Gasteiger partial charge in [0.15, 0.2) is 0 Å². The minimum atomic E-state index is 0.304. The van der Waals surface area contributed by atoms with Gasteiger partial charge in [0.1, 0.15) is 0 Å². The van der Waals surface area contributed by atoms with Crippen LogP contribution in [0.3, 0.4) is 0 Å². The molecule has 1 aromatic carbocycles. The number of likely N-dealkylation sites (N-methyl/N-ethyl adjacent to an activating group) is 1. The summed E-state index contributed by atoms with van der Waals surface area (Å²) in [5, 5.41) is 3.52. The standard InChI is InChI=1S/C18H31NO/c1-6-19-18(13-20-11-7-8-14(2)3)17-10-9-15(4)16(5)12-17/h9-10,12,14,18-19H,6-8,11,13H2,1-5H3. The molecule has 0 fully saturated rings. The van der Waals surface area contributed by atoms with Crippen LogP contribution in [0.15, 0.2) is 18.2 Å². The summed E-state index contributed by atoms with van der Waals surface area (Å²) >= 11 is 0. The second kappa shape index (κ2) is 9.15. The molecule has 0 amide bonds. The first-order valence-electron chi connectivity index (χ1n) is 7.92. The van der Waals surface area contributed by atoms with Crippen molar-refractivity contribution in [3.63, 3.8) is 0 Å².